The molecule has 3 N–H and O–H groups in total. The molecule has 9 nitrogen and oxygen atoms in total. The van der Waals surface area contributed by atoms with Crippen LogP contribution in [0, 0.1) is 10.1 Å². The smallest absolute Gasteiger partial charge is 0.337 e. The maximum atomic E-state index is 11.5. The second-order valence-corrected chi connectivity index (χ2v) is 5.26. The number of nitro benzene ring substituents is 1. The number of nitro groups is 1. The Hall–Kier alpha value is -2.39. The van der Waals surface area contributed by atoms with Gasteiger partial charge in [0.2, 0.25) is 5.91 Å². The molecule has 1 atom stereocenters. The molecule has 23 heavy (non-hydrogen) atoms. The van der Waals surface area contributed by atoms with Gasteiger partial charge in [0.1, 0.15) is 0 Å². The molecule has 0 fully saturated rings. The van der Waals surface area contributed by atoms with E-state index in [1.165, 1.54) is 12.1 Å². The van der Waals surface area contributed by atoms with E-state index in [1.807, 2.05) is 0 Å². The maximum Gasteiger partial charge on any atom is 0.337 e. The Labute approximate surface area is 136 Å². The zero-order valence-electron chi connectivity index (χ0n) is 12.1. The van der Waals surface area contributed by atoms with Gasteiger partial charge in [-0.3, -0.25) is 14.9 Å². The lowest BCUT2D eigenvalue weighted by molar-refractivity contribution is -0.385. The van der Waals surface area contributed by atoms with Crippen LogP contribution in [0.1, 0.15) is 13.3 Å². The Bertz CT molecular complexity index is 618. The maximum absolute atomic E-state index is 11.5. The third-order valence-corrected chi connectivity index (χ3v) is 3.03. The number of aliphatic carboxylic acids is 1. The number of amides is 1. The number of carboxylic acid groups (broad SMARTS) is 1. The van der Waals surface area contributed by atoms with Crippen LogP contribution in [-0.4, -0.2) is 45.8 Å². The van der Waals surface area contributed by atoms with E-state index in [0.29, 0.717) is 0 Å². The fourth-order valence-corrected chi connectivity index (χ4v) is 1.61. The molecule has 0 aliphatic heterocycles. The minimum absolute atomic E-state index is 0.0373. The third-order valence-electron chi connectivity index (χ3n) is 2.79. The number of hydrogen-bond acceptors (Lipinski definition) is 6. The number of nitrogens with zero attached hydrogens (tertiary/aromatic N) is 1. The van der Waals surface area contributed by atoms with E-state index >= 15 is 0 Å². The fraction of sp³-hybridized carbons (Fsp3) is 0.385. The lowest BCUT2D eigenvalue weighted by Crippen LogP contribution is -2.46. The van der Waals surface area contributed by atoms with Crippen LogP contribution < -0.4 is 10.1 Å². The molecule has 10 heteroatoms. The molecule has 0 spiro atoms. The Morgan fingerprint density at radius 1 is 1.48 bits per heavy atom. The number of hydrogen-bond donors (Lipinski definition) is 3. The van der Waals surface area contributed by atoms with Gasteiger partial charge in [-0.1, -0.05) is 11.6 Å². The Morgan fingerprint density at radius 2 is 2.13 bits per heavy atom. The summed E-state index contributed by atoms with van der Waals surface area (Å²) in [4.78, 5) is 32.4. The summed E-state index contributed by atoms with van der Waals surface area (Å²) in [5.41, 5.74) is -2.41. The van der Waals surface area contributed by atoms with E-state index in [2.05, 4.69) is 5.32 Å². The minimum Gasteiger partial charge on any atom is -0.486 e. The van der Waals surface area contributed by atoms with Crippen molar-refractivity contribution in [3.8, 4) is 5.75 Å². The average Bonchev–Trinajstić information content (AvgIpc) is 2.46. The van der Waals surface area contributed by atoms with Crippen molar-refractivity contribution >= 4 is 29.2 Å². The summed E-state index contributed by atoms with van der Waals surface area (Å²) in [6.45, 7) is 0.412. The highest BCUT2D eigenvalue weighted by Gasteiger charge is 2.30. The van der Waals surface area contributed by atoms with E-state index < -0.39 is 28.9 Å². The number of aliphatic hydroxyl groups is 1. The topological polar surface area (TPSA) is 139 Å². The molecule has 0 heterocycles. The van der Waals surface area contributed by atoms with Crippen molar-refractivity contribution in [3.05, 3.63) is 33.3 Å². The van der Waals surface area contributed by atoms with Crippen LogP contribution >= 0.6 is 11.6 Å². The predicted octanol–water partition coefficient (Wildman–Crippen LogP) is 0.969. The average molecular weight is 347 g/mol. The van der Waals surface area contributed by atoms with Gasteiger partial charge in [0.05, 0.1) is 24.5 Å². The molecule has 1 aromatic carbocycles. The standard InChI is InChI=1S/C13H15ClN2O7/c1-13(20,12(18)19)7-15-11(17)4-5-23-10-3-2-8(14)6-9(10)16(21)22/h2-3,6,20H,4-5,7H2,1H3,(H,15,17)(H,18,19). The second kappa shape index (κ2) is 7.75. The van der Waals surface area contributed by atoms with E-state index in [1.54, 1.807) is 0 Å². The minimum atomic E-state index is -2.08. The Morgan fingerprint density at radius 3 is 2.70 bits per heavy atom. The number of carbonyl (C=O) groups is 2. The highest BCUT2D eigenvalue weighted by Crippen LogP contribution is 2.29. The monoisotopic (exact) mass is 346 g/mol. The molecule has 1 amide bonds. The van der Waals surface area contributed by atoms with Crippen LogP contribution in [0.15, 0.2) is 18.2 Å². The molecule has 0 bridgehead atoms. The van der Waals surface area contributed by atoms with Crippen molar-refractivity contribution in [2.24, 2.45) is 0 Å². The van der Waals surface area contributed by atoms with Gasteiger partial charge in [0.25, 0.3) is 0 Å². The van der Waals surface area contributed by atoms with Gasteiger partial charge in [-0.05, 0) is 19.1 Å². The number of nitrogens with one attached hydrogen (secondary N) is 1. The first-order chi connectivity index (χ1) is 10.6. The van der Waals surface area contributed by atoms with Crippen molar-refractivity contribution in [2.45, 2.75) is 18.9 Å². The molecule has 1 unspecified atom stereocenters. The molecule has 0 radical (unpaired) electrons. The number of rotatable bonds is 8. The van der Waals surface area contributed by atoms with Gasteiger partial charge in [0, 0.05) is 11.1 Å². The van der Waals surface area contributed by atoms with Crippen LogP contribution in [-0.2, 0) is 9.59 Å². The van der Waals surface area contributed by atoms with Crippen molar-refractivity contribution in [3.63, 3.8) is 0 Å². The number of halogens is 1. The lowest BCUT2D eigenvalue weighted by atomic mass is 10.1. The number of benzene rings is 1. The van der Waals surface area contributed by atoms with Gasteiger partial charge in [-0.25, -0.2) is 4.79 Å². The summed E-state index contributed by atoms with van der Waals surface area (Å²) in [5, 5.41) is 31.4. The number of ether oxygens (including phenoxy) is 1. The highest BCUT2D eigenvalue weighted by molar-refractivity contribution is 6.30. The molecular formula is C13H15ClN2O7. The summed E-state index contributed by atoms with van der Waals surface area (Å²) < 4.78 is 5.16. The zero-order valence-corrected chi connectivity index (χ0v) is 12.9. The van der Waals surface area contributed by atoms with Gasteiger partial charge >= 0.3 is 11.7 Å². The van der Waals surface area contributed by atoms with E-state index in [9.17, 15) is 24.8 Å². The molecule has 1 aromatic rings. The summed E-state index contributed by atoms with van der Waals surface area (Å²) >= 11 is 5.66. The molecule has 0 aliphatic rings. The SMILES string of the molecule is CC(O)(CNC(=O)CCOc1ccc(Cl)cc1[N+](=O)[O-])C(=O)O. The third kappa shape index (κ3) is 5.72. The Kier molecular flexibility index (Phi) is 6.28. The predicted molar refractivity (Wildman–Crippen MR) is 79.5 cm³/mol. The second-order valence-electron chi connectivity index (χ2n) is 4.82. The largest absolute Gasteiger partial charge is 0.486 e. The molecule has 0 aliphatic carbocycles. The quantitative estimate of drug-likeness (QED) is 0.470. The van der Waals surface area contributed by atoms with Crippen LogP contribution in [0.2, 0.25) is 5.02 Å². The summed E-state index contributed by atoms with van der Waals surface area (Å²) in [6.07, 6.45) is -0.171. The van der Waals surface area contributed by atoms with E-state index in [-0.39, 0.29) is 29.5 Å². The van der Waals surface area contributed by atoms with Gasteiger partial charge in [-0.15, -0.1) is 0 Å². The molecular weight excluding hydrogens is 332 g/mol. The number of carbonyl (C=O) groups excluding carboxylic acids is 1. The molecule has 0 saturated heterocycles. The summed E-state index contributed by atoms with van der Waals surface area (Å²) in [7, 11) is 0. The van der Waals surface area contributed by atoms with Gasteiger partial charge < -0.3 is 20.3 Å². The van der Waals surface area contributed by atoms with E-state index in [0.717, 1.165) is 13.0 Å². The van der Waals surface area contributed by atoms with Crippen molar-refractivity contribution in [1.29, 1.82) is 0 Å². The first-order valence-electron chi connectivity index (χ1n) is 6.42. The fourth-order valence-electron chi connectivity index (χ4n) is 1.44. The number of carboxylic acids is 1. The van der Waals surface area contributed by atoms with Gasteiger partial charge in [-0.2, -0.15) is 0 Å². The first kappa shape index (κ1) is 18.7. The van der Waals surface area contributed by atoms with Crippen LogP contribution in [0.5, 0.6) is 5.75 Å². The van der Waals surface area contributed by atoms with Crippen molar-refractivity contribution in [2.75, 3.05) is 13.2 Å². The normalized spacial score (nSPS) is 13.0. The van der Waals surface area contributed by atoms with Crippen molar-refractivity contribution in [1.82, 2.24) is 5.32 Å². The van der Waals surface area contributed by atoms with Gasteiger partial charge in [0.15, 0.2) is 11.4 Å². The molecule has 0 aromatic heterocycles. The molecule has 126 valence electrons. The summed E-state index contributed by atoms with van der Waals surface area (Å²) in [5.74, 6) is -2.07. The van der Waals surface area contributed by atoms with E-state index in [4.69, 9.17) is 21.4 Å². The van der Waals surface area contributed by atoms with Crippen LogP contribution in [0.25, 0.3) is 0 Å². The van der Waals surface area contributed by atoms with Crippen LogP contribution in [0.3, 0.4) is 0 Å². The molecule has 0 saturated carbocycles. The highest BCUT2D eigenvalue weighted by atomic mass is 35.5. The molecule has 1 rings (SSSR count). The lowest BCUT2D eigenvalue weighted by Gasteiger charge is -2.18. The van der Waals surface area contributed by atoms with Crippen molar-refractivity contribution < 1.29 is 29.5 Å². The first-order valence-corrected chi connectivity index (χ1v) is 6.80. The zero-order chi connectivity index (χ0) is 17.6. The van der Waals surface area contributed by atoms with Crippen LogP contribution in [0.4, 0.5) is 5.69 Å². The Balaban J connectivity index is 2.50. The summed E-state index contributed by atoms with van der Waals surface area (Å²) in [6, 6.07) is 3.85.